The van der Waals surface area contributed by atoms with Gasteiger partial charge in [-0.15, -0.1) is 0 Å². The van der Waals surface area contributed by atoms with Gasteiger partial charge in [0.1, 0.15) is 6.61 Å². The molecule has 0 heterocycles. The number of Topliss-reactive ketones (excluding diaryl/α,β-unsaturated/α-hetero) is 2. The first kappa shape index (κ1) is 45.6. The van der Waals surface area contributed by atoms with E-state index in [9.17, 15) is 24.0 Å². The molecular formula is C37H61N3O11. The molecule has 3 amide bonds. The van der Waals surface area contributed by atoms with Crippen molar-refractivity contribution in [3.63, 3.8) is 0 Å². The van der Waals surface area contributed by atoms with Crippen LogP contribution in [-0.2, 0) is 54.0 Å². The van der Waals surface area contributed by atoms with Crippen molar-refractivity contribution in [2.75, 3.05) is 73.1 Å². The van der Waals surface area contributed by atoms with Crippen molar-refractivity contribution < 1.29 is 52.4 Å². The summed E-state index contributed by atoms with van der Waals surface area (Å²) in [6.07, 6.45) is 0.484. The summed E-state index contributed by atoms with van der Waals surface area (Å²) in [6, 6.07) is 8.44. The van der Waals surface area contributed by atoms with E-state index in [4.69, 9.17) is 28.4 Å². The molecular weight excluding hydrogens is 662 g/mol. The fourth-order valence-electron chi connectivity index (χ4n) is 4.96. The number of carbonyl (C=O) groups excluding carboxylic acids is 5. The maximum Gasteiger partial charge on any atom is 0.407 e. The molecule has 0 radical (unpaired) electrons. The summed E-state index contributed by atoms with van der Waals surface area (Å²) in [4.78, 5) is 64.3. The zero-order valence-electron chi connectivity index (χ0n) is 31.2. The molecule has 2 atom stereocenters. The van der Waals surface area contributed by atoms with Crippen LogP contribution >= 0.6 is 0 Å². The molecule has 14 nitrogen and oxygen atoms in total. The minimum absolute atomic E-state index is 0.00401. The second-order valence-electron chi connectivity index (χ2n) is 12.3. The molecule has 0 spiro atoms. The van der Waals surface area contributed by atoms with Gasteiger partial charge in [0.2, 0.25) is 11.8 Å². The Bertz CT molecular complexity index is 1110. The van der Waals surface area contributed by atoms with Crippen LogP contribution in [0.5, 0.6) is 0 Å². The zero-order valence-corrected chi connectivity index (χ0v) is 31.2. The van der Waals surface area contributed by atoms with Crippen LogP contribution in [0.3, 0.4) is 0 Å². The first-order chi connectivity index (χ1) is 24.6. The van der Waals surface area contributed by atoms with E-state index >= 15 is 0 Å². The number of carbonyl (C=O) groups is 5. The molecule has 0 aromatic heterocycles. The number of alkyl carbamates (subject to hydrolysis) is 1. The van der Waals surface area contributed by atoms with E-state index in [1.807, 2.05) is 58.0 Å². The number of ketones is 2. The third-order valence-corrected chi connectivity index (χ3v) is 7.49. The summed E-state index contributed by atoms with van der Waals surface area (Å²) in [5, 5.41) is 8.08. The van der Waals surface area contributed by atoms with Crippen LogP contribution in [0.4, 0.5) is 4.79 Å². The molecule has 0 saturated carbocycles. The van der Waals surface area contributed by atoms with Crippen LogP contribution in [0.15, 0.2) is 30.3 Å². The Hall–Kier alpha value is -3.43. The number of benzene rings is 1. The molecule has 0 bridgehead atoms. The first-order valence-electron chi connectivity index (χ1n) is 18.0. The van der Waals surface area contributed by atoms with Crippen LogP contribution in [0.25, 0.3) is 0 Å². The minimum Gasteiger partial charge on any atom is -0.447 e. The lowest BCUT2D eigenvalue weighted by Gasteiger charge is -2.23. The van der Waals surface area contributed by atoms with Crippen LogP contribution in [-0.4, -0.2) is 115 Å². The van der Waals surface area contributed by atoms with Crippen molar-refractivity contribution in [2.24, 2.45) is 11.8 Å². The van der Waals surface area contributed by atoms with E-state index in [0.29, 0.717) is 65.4 Å². The SMILES string of the molecule is CCOC(CCOCCOC(=O)NCC(=O)CC(Cc1ccccc1)C(=O)NC(CC(C)C)C(=O)CCC(=O)NCCCOCCOC)OCC. The van der Waals surface area contributed by atoms with Crippen LogP contribution < -0.4 is 16.0 Å². The lowest BCUT2D eigenvalue weighted by molar-refractivity contribution is -0.147. The van der Waals surface area contributed by atoms with Crippen molar-refractivity contribution in [3.05, 3.63) is 35.9 Å². The largest absolute Gasteiger partial charge is 0.447 e. The molecule has 51 heavy (non-hydrogen) atoms. The number of nitrogens with one attached hydrogen (secondary N) is 3. The van der Waals surface area contributed by atoms with Gasteiger partial charge >= 0.3 is 6.09 Å². The minimum atomic E-state index is -0.813. The third kappa shape index (κ3) is 23.6. The highest BCUT2D eigenvalue weighted by atomic mass is 16.7. The van der Waals surface area contributed by atoms with E-state index in [0.717, 1.165) is 5.56 Å². The maximum absolute atomic E-state index is 13.6. The van der Waals surface area contributed by atoms with Gasteiger partial charge < -0.3 is 44.4 Å². The summed E-state index contributed by atoms with van der Waals surface area (Å²) in [6.45, 7) is 10.8. The molecule has 1 rings (SSSR count). The predicted octanol–water partition coefficient (Wildman–Crippen LogP) is 3.39. The van der Waals surface area contributed by atoms with Gasteiger partial charge in [-0.3, -0.25) is 19.2 Å². The van der Waals surface area contributed by atoms with Crippen LogP contribution in [0, 0.1) is 11.8 Å². The Balaban J connectivity index is 2.64. The Morgan fingerprint density at radius 3 is 2.16 bits per heavy atom. The molecule has 3 N–H and O–H groups in total. The van der Waals surface area contributed by atoms with Gasteiger partial charge in [0, 0.05) is 65.1 Å². The Kier molecular flexibility index (Phi) is 26.1. The monoisotopic (exact) mass is 723 g/mol. The number of rotatable bonds is 31. The third-order valence-electron chi connectivity index (χ3n) is 7.49. The Labute approximate surface area is 303 Å². The molecule has 290 valence electrons. The standard InChI is InChI=1S/C37H61N3O11/c1-6-49-35(50-7-2)16-19-48-22-23-51-37(45)39-27-31(41)26-30(25-29-12-9-8-10-13-29)36(44)40-32(24-28(3)4)33(42)14-15-34(43)38-17-11-18-47-21-20-46-5/h8-10,12-13,28,30,32,35H,6-7,11,14-27H2,1-5H3,(H,38,43)(H,39,45)(H,40,44). The van der Waals surface area contributed by atoms with E-state index in [2.05, 4.69) is 16.0 Å². The van der Waals surface area contributed by atoms with E-state index in [1.165, 1.54) is 0 Å². The van der Waals surface area contributed by atoms with E-state index < -0.39 is 24.0 Å². The average Bonchev–Trinajstić information content (AvgIpc) is 3.10. The van der Waals surface area contributed by atoms with Gasteiger partial charge in [-0.1, -0.05) is 44.2 Å². The number of hydrogen-bond acceptors (Lipinski definition) is 11. The Morgan fingerprint density at radius 1 is 0.804 bits per heavy atom. The zero-order chi connectivity index (χ0) is 37.7. The molecule has 0 saturated heterocycles. The second kappa shape index (κ2) is 29.2. The smallest absolute Gasteiger partial charge is 0.407 e. The molecule has 0 fully saturated rings. The fourth-order valence-corrected chi connectivity index (χ4v) is 4.96. The fraction of sp³-hybridized carbons (Fsp3) is 0.703. The molecule has 0 aliphatic carbocycles. The van der Waals surface area contributed by atoms with Crippen molar-refractivity contribution in [3.8, 4) is 0 Å². The maximum atomic E-state index is 13.6. The lowest BCUT2D eigenvalue weighted by atomic mass is 9.91. The molecule has 2 unspecified atom stereocenters. The highest BCUT2D eigenvalue weighted by Gasteiger charge is 2.28. The molecule has 0 aliphatic rings. The van der Waals surface area contributed by atoms with Gasteiger partial charge in [-0.2, -0.15) is 0 Å². The number of amides is 3. The summed E-state index contributed by atoms with van der Waals surface area (Å²) in [7, 11) is 1.60. The van der Waals surface area contributed by atoms with Crippen molar-refractivity contribution in [1.82, 2.24) is 16.0 Å². The van der Waals surface area contributed by atoms with Gasteiger partial charge in [0.15, 0.2) is 17.9 Å². The van der Waals surface area contributed by atoms with Crippen molar-refractivity contribution in [2.45, 2.75) is 85.0 Å². The molecule has 14 heteroatoms. The second-order valence-corrected chi connectivity index (χ2v) is 12.3. The Morgan fingerprint density at radius 2 is 1.49 bits per heavy atom. The predicted molar refractivity (Wildman–Crippen MR) is 191 cm³/mol. The normalized spacial score (nSPS) is 12.4. The highest BCUT2D eigenvalue weighted by molar-refractivity contribution is 5.94. The summed E-state index contributed by atoms with van der Waals surface area (Å²) in [5.41, 5.74) is 0.846. The van der Waals surface area contributed by atoms with Gasteiger partial charge in [-0.05, 0) is 44.6 Å². The van der Waals surface area contributed by atoms with Crippen LogP contribution in [0.1, 0.15) is 71.8 Å². The molecule has 1 aromatic carbocycles. The summed E-state index contributed by atoms with van der Waals surface area (Å²) < 4.78 is 31.8. The van der Waals surface area contributed by atoms with Gasteiger partial charge in [0.05, 0.1) is 39.0 Å². The van der Waals surface area contributed by atoms with Gasteiger partial charge in [0.25, 0.3) is 0 Å². The summed E-state index contributed by atoms with van der Waals surface area (Å²) >= 11 is 0. The van der Waals surface area contributed by atoms with E-state index in [-0.39, 0.29) is 75.1 Å². The van der Waals surface area contributed by atoms with Gasteiger partial charge in [-0.25, -0.2) is 4.79 Å². The number of hydrogen-bond donors (Lipinski definition) is 3. The number of methoxy groups -OCH3 is 1. The first-order valence-corrected chi connectivity index (χ1v) is 18.0. The molecule has 1 aromatic rings. The quantitative estimate of drug-likeness (QED) is 0.0756. The molecule has 0 aliphatic heterocycles. The van der Waals surface area contributed by atoms with Crippen molar-refractivity contribution in [1.29, 1.82) is 0 Å². The highest BCUT2D eigenvalue weighted by Crippen LogP contribution is 2.16. The van der Waals surface area contributed by atoms with Crippen molar-refractivity contribution >= 4 is 29.5 Å². The summed E-state index contributed by atoms with van der Waals surface area (Å²) in [5.74, 6) is -2.03. The average molecular weight is 724 g/mol. The number of ether oxygens (including phenoxy) is 6. The van der Waals surface area contributed by atoms with Crippen LogP contribution in [0.2, 0.25) is 0 Å². The van der Waals surface area contributed by atoms with E-state index in [1.54, 1.807) is 7.11 Å². The lowest BCUT2D eigenvalue weighted by Crippen LogP contribution is -2.46. The topological polar surface area (TPSA) is 177 Å².